The molecule has 2 aromatic carbocycles. The number of nitrogens with zero attached hydrogens (tertiary/aromatic N) is 3. The number of halogens is 2. The number of aromatic nitrogens is 2. The summed E-state index contributed by atoms with van der Waals surface area (Å²) in [5.41, 5.74) is -0.0985. The topological polar surface area (TPSA) is 75.4 Å². The molecule has 0 saturated carbocycles. The maximum Gasteiger partial charge on any atom is 0.339 e. The Hall–Kier alpha value is -3.55. The number of carbonyl (C=O) groups is 2. The van der Waals surface area contributed by atoms with Crippen molar-refractivity contribution in [2.24, 2.45) is 0 Å². The second kappa shape index (κ2) is 6.80. The summed E-state index contributed by atoms with van der Waals surface area (Å²) in [5.74, 6) is -4.94. The van der Waals surface area contributed by atoms with Gasteiger partial charge in [-0.05, 0) is 19.1 Å². The Bertz CT molecular complexity index is 1080. The first-order chi connectivity index (χ1) is 13.8. The molecule has 0 aliphatic carbocycles. The van der Waals surface area contributed by atoms with Crippen LogP contribution < -0.4 is 4.90 Å². The number of anilines is 1. The van der Waals surface area contributed by atoms with Gasteiger partial charge in [0.2, 0.25) is 0 Å². The molecule has 1 atom stereocenters. The molecule has 0 bridgehead atoms. The lowest BCUT2D eigenvalue weighted by atomic mass is 10.00. The second-order valence-corrected chi connectivity index (χ2v) is 6.91. The third-order valence-corrected chi connectivity index (χ3v) is 5.02. The predicted octanol–water partition coefficient (Wildman–Crippen LogP) is 3.94. The maximum absolute atomic E-state index is 14.7. The van der Waals surface area contributed by atoms with Crippen LogP contribution in [-0.2, 0) is 5.92 Å². The highest BCUT2D eigenvalue weighted by molar-refractivity contribution is 6.11. The van der Waals surface area contributed by atoms with Crippen LogP contribution in [0.5, 0.6) is 0 Å². The summed E-state index contributed by atoms with van der Waals surface area (Å²) in [7, 11) is 0. The van der Waals surface area contributed by atoms with E-state index in [-0.39, 0.29) is 35.0 Å². The third kappa shape index (κ3) is 3.06. The maximum atomic E-state index is 14.7. The number of hydrogen-bond acceptors (Lipinski definition) is 3. The molecule has 4 rings (SSSR count). The second-order valence-electron chi connectivity index (χ2n) is 6.91. The summed E-state index contributed by atoms with van der Waals surface area (Å²) >= 11 is 0. The molecule has 8 heteroatoms. The first-order valence-corrected chi connectivity index (χ1v) is 8.97. The molecular weight excluding hydrogens is 380 g/mol. The predicted molar refractivity (Wildman–Crippen MR) is 101 cm³/mol. The number of rotatable bonds is 4. The van der Waals surface area contributed by atoms with Gasteiger partial charge in [0.25, 0.3) is 11.8 Å². The fourth-order valence-corrected chi connectivity index (χ4v) is 3.51. The van der Waals surface area contributed by atoms with Crippen molar-refractivity contribution in [1.29, 1.82) is 0 Å². The first kappa shape index (κ1) is 18.8. The van der Waals surface area contributed by atoms with Crippen molar-refractivity contribution in [1.82, 2.24) is 9.78 Å². The summed E-state index contributed by atoms with van der Waals surface area (Å²) in [6, 6.07) is 12.7. The average molecular weight is 397 g/mol. The molecule has 6 nitrogen and oxygen atoms in total. The van der Waals surface area contributed by atoms with E-state index >= 15 is 0 Å². The molecule has 148 valence electrons. The fraction of sp³-hybridized carbons (Fsp3) is 0.190. The Morgan fingerprint density at radius 3 is 2.34 bits per heavy atom. The number of aromatic carboxylic acids is 1. The van der Waals surface area contributed by atoms with E-state index < -0.39 is 17.8 Å². The summed E-state index contributed by atoms with van der Waals surface area (Å²) in [5, 5.41) is 13.3. The Kier molecular flexibility index (Phi) is 4.41. The number of alkyl halides is 2. The quantitative estimate of drug-likeness (QED) is 0.724. The highest BCUT2D eigenvalue weighted by atomic mass is 19.3. The minimum atomic E-state index is -3.17. The molecule has 2 heterocycles. The number of amides is 1. The van der Waals surface area contributed by atoms with Crippen LogP contribution in [0.3, 0.4) is 0 Å². The monoisotopic (exact) mass is 397 g/mol. The molecule has 1 amide bonds. The van der Waals surface area contributed by atoms with E-state index in [1.54, 1.807) is 25.1 Å². The largest absolute Gasteiger partial charge is 0.478 e. The Labute approximate surface area is 165 Å². The van der Waals surface area contributed by atoms with Gasteiger partial charge in [0, 0.05) is 23.4 Å². The molecule has 1 aliphatic heterocycles. The number of carboxylic acid groups (broad SMARTS) is 1. The zero-order chi connectivity index (χ0) is 20.8. The summed E-state index contributed by atoms with van der Waals surface area (Å²) < 4.78 is 30.9. The van der Waals surface area contributed by atoms with Gasteiger partial charge in [-0.15, -0.1) is 0 Å². The third-order valence-electron chi connectivity index (χ3n) is 5.02. The fourth-order valence-electron chi connectivity index (χ4n) is 3.51. The highest BCUT2D eigenvalue weighted by Gasteiger charge is 2.36. The Morgan fingerprint density at radius 1 is 1.10 bits per heavy atom. The lowest BCUT2D eigenvalue weighted by molar-refractivity contribution is 0.0428. The van der Waals surface area contributed by atoms with Crippen molar-refractivity contribution in [3.05, 3.63) is 83.2 Å². The molecule has 1 aliphatic rings. The SMILES string of the molecule is CC1CN(c2ccc(C(F)(F)c3ccccc3)cc2)C(=O)c2c(C(=O)O)cnn21. The summed E-state index contributed by atoms with van der Waals surface area (Å²) in [6.07, 6.45) is 1.15. The van der Waals surface area contributed by atoms with E-state index in [0.29, 0.717) is 5.69 Å². The van der Waals surface area contributed by atoms with Gasteiger partial charge in [-0.1, -0.05) is 42.5 Å². The number of carboxylic acids is 1. The van der Waals surface area contributed by atoms with Crippen LogP contribution in [-0.4, -0.2) is 33.3 Å². The van der Waals surface area contributed by atoms with Crippen LogP contribution in [0.15, 0.2) is 60.8 Å². The van der Waals surface area contributed by atoms with Gasteiger partial charge < -0.3 is 10.0 Å². The van der Waals surface area contributed by atoms with Gasteiger partial charge >= 0.3 is 5.97 Å². The van der Waals surface area contributed by atoms with E-state index in [2.05, 4.69) is 5.10 Å². The lowest BCUT2D eigenvalue weighted by Crippen LogP contribution is -2.43. The molecule has 0 fully saturated rings. The van der Waals surface area contributed by atoms with E-state index in [1.807, 2.05) is 0 Å². The van der Waals surface area contributed by atoms with Crippen molar-refractivity contribution >= 4 is 17.6 Å². The van der Waals surface area contributed by atoms with Crippen molar-refractivity contribution in [2.45, 2.75) is 18.9 Å². The highest BCUT2D eigenvalue weighted by Crippen LogP contribution is 2.37. The van der Waals surface area contributed by atoms with E-state index in [1.165, 1.54) is 46.0 Å². The molecule has 0 saturated heterocycles. The standard InChI is InChI=1S/C21H17F2N3O3/c1-13-12-25(19(27)18-17(20(28)29)11-24-26(13)18)16-9-7-15(8-10-16)21(22,23)14-5-3-2-4-6-14/h2-11,13H,12H2,1H3,(H,28,29). The van der Waals surface area contributed by atoms with Gasteiger partial charge in [-0.2, -0.15) is 13.9 Å². The number of benzene rings is 2. The van der Waals surface area contributed by atoms with E-state index in [9.17, 15) is 23.5 Å². The number of carbonyl (C=O) groups excluding carboxylic acids is 1. The lowest BCUT2D eigenvalue weighted by Gasteiger charge is -2.32. The smallest absolute Gasteiger partial charge is 0.339 e. The van der Waals surface area contributed by atoms with Crippen LogP contribution in [0.2, 0.25) is 0 Å². The van der Waals surface area contributed by atoms with Crippen LogP contribution in [0.1, 0.15) is 44.9 Å². The number of hydrogen-bond donors (Lipinski definition) is 1. The minimum absolute atomic E-state index is 0.0186. The van der Waals surface area contributed by atoms with Gasteiger partial charge in [0.05, 0.1) is 12.2 Å². The van der Waals surface area contributed by atoms with E-state index in [0.717, 1.165) is 6.20 Å². The van der Waals surface area contributed by atoms with Crippen molar-refractivity contribution in [2.75, 3.05) is 11.4 Å². The average Bonchev–Trinajstić information content (AvgIpc) is 3.18. The zero-order valence-electron chi connectivity index (χ0n) is 15.4. The normalized spacial score (nSPS) is 16.6. The van der Waals surface area contributed by atoms with Crippen molar-refractivity contribution in [3.63, 3.8) is 0 Å². The minimum Gasteiger partial charge on any atom is -0.478 e. The first-order valence-electron chi connectivity index (χ1n) is 8.97. The molecule has 3 aromatic rings. The summed E-state index contributed by atoms with van der Waals surface area (Å²) in [4.78, 5) is 25.7. The number of fused-ring (bicyclic) bond motifs is 1. The van der Waals surface area contributed by atoms with Crippen LogP contribution in [0.4, 0.5) is 14.5 Å². The van der Waals surface area contributed by atoms with Crippen molar-refractivity contribution < 1.29 is 23.5 Å². The summed E-state index contributed by atoms with van der Waals surface area (Å²) in [6.45, 7) is 2.06. The van der Waals surface area contributed by atoms with Crippen LogP contribution in [0.25, 0.3) is 0 Å². The molecule has 0 radical (unpaired) electrons. The molecule has 29 heavy (non-hydrogen) atoms. The Morgan fingerprint density at radius 2 is 1.72 bits per heavy atom. The van der Waals surface area contributed by atoms with Gasteiger partial charge in [-0.3, -0.25) is 9.48 Å². The molecule has 1 unspecified atom stereocenters. The molecule has 0 spiro atoms. The van der Waals surface area contributed by atoms with Crippen LogP contribution in [0, 0.1) is 0 Å². The van der Waals surface area contributed by atoms with E-state index in [4.69, 9.17) is 0 Å². The van der Waals surface area contributed by atoms with Crippen molar-refractivity contribution in [3.8, 4) is 0 Å². The van der Waals surface area contributed by atoms with Gasteiger partial charge in [0.15, 0.2) is 0 Å². The Balaban J connectivity index is 1.67. The molecule has 1 N–H and O–H groups in total. The van der Waals surface area contributed by atoms with Crippen LogP contribution >= 0.6 is 0 Å². The van der Waals surface area contributed by atoms with Gasteiger partial charge in [-0.25, -0.2) is 4.79 Å². The van der Waals surface area contributed by atoms with Gasteiger partial charge in [0.1, 0.15) is 11.3 Å². The molecule has 1 aromatic heterocycles. The zero-order valence-corrected chi connectivity index (χ0v) is 15.4. The molecular formula is C21H17F2N3O3.